The highest BCUT2D eigenvalue weighted by molar-refractivity contribution is 5.75. The van der Waals surface area contributed by atoms with Crippen LogP contribution >= 0.6 is 0 Å². The molecule has 0 spiro atoms. The Balaban J connectivity index is 1.36. The van der Waals surface area contributed by atoms with E-state index < -0.39 is 75.6 Å². The molecule has 0 atom stereocenters. The van der Waals surface area contributed by atoms with Crippen LogP contribution in [-0.4, -0.2) is 6.36 Å². The zero-order chi connectivity index (χ0) is 37.1. The lowest BCUT2D eigenvalue weighted by molar-refractivity contribution is -0.275. The van der Waals surface area contributed by atoms with E-state index in [2.05, 4.69) is 16.4 Å². The molecule has 0 radical (unpaired) electrons. The molecular weight excluding hydrogens is 697 g/mol. The van der Waals surface area contributed by atoms with Crippen molar-refractivity contribution in [1.82, 2.24) is 0 Å². The number of ether oxygens (including phenoxy) is 2. The van der Waals surface area contributed by atoms with Gasteiger partial charge in [0.25, 0.3) is 0 Å². The van der Waals surface area contributed by atoms with E-state index in [1.54, 1.807) is 6.07 Å². The van der Waals surface area contributed by atoms with Crippen LogP contribution in [0.15, 0.2) is 84.9 Å². The van der Waals surface area contributed by atoms with E-state index in [1.165, 1.54) is 12.1 Å². The summed E-state index contributed by atoms with van der Waals surface area (Å²) in [5, 5.41) is 0. The normalized spacial score (nSPS) is 11.9. The Morgan fingerprint density at radius 2 is 1.10 bits per heavy atom. The summed E-state index contributed by atoms with van der Waals surface area (Å²) in [7, 11) is 0. The van der Waals surface area contributed by atoms with E-state index in [4.69, 9.17) is 0 Å². The number of benzene rings is 5. The molecule has 0 aliphatic carbocycles. The van der Waals surface area contributed by atoms with Gasteiger partial charge in [-0.25, -0.2) is 26.3 Å². The van der Waals surface area contributed by atoms with Gasteiger partial charge in [0.05, 0.1) is 5.56 Å². The van der Waals surface area contributed by atoms with Gasteiger partial charge in [0.15, 0.2) is 11.6 Å². The third-order valence-corrected chi connectivity index (χ3v) is 7.93. The molecule has 13 heteroatoms. The fourth-order valence-electron chi connectivity index (χ4n) is 5.50. The number of hydrogen-bond donors (Lipinski definition) is 0. The van der Waals surface area contributed by atoms with Crippen LogP contribution in [0.4, 0.5) is 48.3 Å². The van der Waals surface area contributed by atoms with Crippen LogP contribution in [0.5, 0.6) is 11.5 Å². The molecule has 0 bridgehead atoms. The molecule has 5 aromatic rings. The monoisotopic (exact) mass is 724 g/mol. The van der Waals surface area contributed by atoms with Crippen molar-refractivity contribution in [2.45, 2.75) is 51.5 Å². The molecule has 0 unspecified atom stereocenters. The number of hydrogen-bond acceptors (Lipinski definition) is 2. The second-order valence-electron chi connectivity index (χ2n) is 11.6. The molecule has 0 heterocycles. The smallest absolute Gasteiger partial charge is 0.429 e. The molecule has 0 N–H and O–H groups in total. The summed E-state index contributed by atoms with van der Waals surface area (Å²) in [6, 6.07) is 14.3. The van der Waals surface area contributed by atoms with Crippen molar-refractivity contribution in [3.63, 3.8) is 0 Å². The third-order valence-electron chi connectivity index (χ3n) is 7.93. The first kappa shape index (κ1) is 37.2. The summed E-state index contributed by atoms with van der Waals surface area (Å²) in [6.07, 6.45) is -4.80. The van der Waals surface area contributed by atoms with Gasteiger partial charge in [-0.15, -0.1) is 13.2 Å². The highest BCUT2D eigenvalue weighted by Crippen LogP contribution is 2.40. The zero-order valence-electron chi connectivity index (χ0n) is 26.6. The summed E-state index contributed by atoms with van der Waals surface area (Å²) in [5.74, 6) is -11.9. The Hall–Kier alpha value is -5.07. The van der Waals surface area contributed by atoms with Crippen LogP contribution in [0.1, 0.15) is 43.7 Å². The van der Waals surface area contributed by atoms with Gasteiger partial charge in [0.1, 0.15) is 40.4 Å². The van der Waals surface area contributed by atoms with Crippen molar-refractivity contribution in [2.24, 2.45) is 0 Å². The molecule has 5 aromatic carbocycles. The molecule has 0 aliphatic rings. The fraction of sp³-hybridized carbons (Fsp3) is 0.211. The highest BCUT2D eigenvalue weighted by Gasteiger charge is 2.42. The van der Waals surface area contributed by atoms with E-state index in [0.29, 0.717) is 29.8 Å². The number of alkyl halides is 5. The SMILES string of the molecule is CCCCCCc1ccc(-c2ccc(-c3cc(F)c(-c4cc(F)c(C(F)(F)Oc5ccc(OC(F)(F)F)c(F)c5)c(F)c4)c(F)c3)c(F)c2)cc1. The van der Waals surface area contributed by atoms with E-state index >= 15 is 13.2 Å². The largest absolute Gasteiger partial charge is 0.573 e. The summed E-state index contributed by atoms with van der Waals surface area (Å²) in [5.41, 5.74) is -1.96. The van der Waals surface area contributed by atoms with Crippen molar-refractivity contribution in [3.05, 3.63) is 131 Å². The van der Waals surface area contributed by atoms with Crippen LogP contribution in [0.3, 0.4) is 0 Å². The Bertz CT molecular complexity index is 1980. The Labute approximate surface area is 285 Å². The second kappa shape index (κ2) is 15.0. The molecule has 0 fully saturated rings. The molecule has 51 heavy (non-hydrogen) atoms. The summed E-state index contributed by atoms with van der Waals surface area (Å²) in [4.78, 5) is 0. The second-order valence-corrected chi connectivity index (χ2v) is 11.6. The van der Waals surface area contributed by atoms with E-state index in [9.17, 15) is 35.1 Å². The van der Waals surface area contributed by atoms with Crippen LogP contribution < -0.4 is 9.47 Å². The predicted molar refractivity (Wildman–Crippen MR) is 168 cm³/mol. The average Bonchev–Trinajstić information content (AvgIpc) is 3.03. The number of rotatable bonds is 12. The number of halogens is 11. The lowest BCUT2D eigenvalue weighted by atomic mass is 9.95. The summed E-state index contributed by atoms with van der Waals surface area (Å²) >= 11 is 0. The molecule has 0 amide bonds. The first-order chi connectivity index (χ1) is 24.1. The first-order valence-electron chi connectivity index (χ1n) is 15.6. The maximum Gasteiger partial charge on any atom is 0.573 e. The molecule has 2 nitrogen and oxygen atoms in total. The number of unbranched alkanes of at least 4 members (excludes halogenated alkanes) is 3. The molecule has 0 aromatic heterocycles. The van der Waals surface area contributed by atoms with Crippen molar-refractivity contribution in [3.8, 4) is 44.9 Å². The minimum Gasteiger partial charge on any atom is -0.429 e. The molecule has 0 saturated heterocycles. The lowest BCUT2D eigenvalue weighted by Crippen LogP contribution is -2.25. The van der Waals surface area contributed by atoms with E-state index in [1.807, 2.05) is 24.3 Å². The topological polar surface area (TPSA) is 18.5 Å². The minimum atomic E-state index is -5.30. The van der Waals surface area contributed by atoms with Crippen molar-refractivity contribution in [1.29, 1.82) is 0 Å². The highest BCUT2D eigenvalue weighted by atomic mass is 19.4. The van der Waals surface area contributed by atoms with Gasteiger partial charge >= 0.3 is 12.5 Å². The van der Waals surface area contributed by atoms with Gasteiger partial charge < -0.3 is 9.47 Å². The Morgan fingerprint density at radius 3 is 1.67 bits per heavy atom. The van der Waals surface area contributed by atoms with Gasteiger partial charge in [0.2, 0.25) is 0 Å². The third kappa shape index (κ3) is 8.81. The Kier molecular flexibility index (Phi) is 11.0. The standard InChI is InChI=1S/C38H27F11O2/c1-2-3-4-5-6-21-7-9-22(10-8-21)23-11-13-27(28(39)15-23)24-16-30(41)35(31(42)17-24)25-18-32(43)36(33(44)19-25)37(45,46)50-26-12-14-34(29(40)20-26)51-38(47,48)49/h7-20H,2-6H2,1H3. The average molecular weight is 725 g/mol. The van der Waals surface area contributed by atoms with Crippen LogP contribution in [0.2, 0.25) is 0 Å². The summed E-state index contributed by atoms with van der Waals surface area (Å²) < 4.78 is 164. The zero-order valence-corrected chi connectivity index (χ0v) is 26.6. The fourth-order valence-corrected chi connectivity index (χ4v) is 5.50. The van der Waals surface area contributed by atoms with E-state index in [0.717, 1.165) is 43.2 Å². The maximum absolute atomic E-state index is 15.3. The molecule has 0 aliphatic heterocycles. The molecular formula is C38H27F11O2. The van der Waals surface area contributed by atoms with Crippen LogP contribution in [0.25, 0.3) is 33.4 Å². The van der Waals surface area contributed by atoms with Gasteiger partial charge in [-0.3, -0.25) is 0 Å². The molecule has 5 rings (SSSR count). The maximum atomic E-state index is 15.3. The lowest BCUT2D eigenvalue weighted by Gasteiger charge is -2.20. The quantitative estimate of drug-likeness (QED) is 0.0942. The molecule has 268 valence electrons. The van der Waals surface area contributed by atoms with Crippen molar-refractivity contribution < 1.29 is 57.8 Å². The minimum absolute atomic E-state index is 0.0647. The van der Waals surface area contributed by atoms with E-state index in [-0.39, 0.29) is 29.3 Å². The van der Waals surface area contributed by atoms with Gasteiger partial charge in [0, 0.05) is 11.6 Å². The van der Waals surface area contributed by atoms with Crippen molar-refractivity contribution >= 4 is 0 Å². The van der Waals surface area contributed by atoms with Gasteiger partial charge in [-0.05, 0) is 83.1 Å². The van der Waals surface area contributed by atoms with Crippen LogP contribution in [0, 0.1) is 34.9 Å². The Morgan fingerprint density at radius 1 is 0.510 bits per heavy atom. The van der Waals surface area contributed by atoms with Crippen molar-refractivity contribution in [2.75, 3.05) is 0 Å². The predicted octanol–water partition coefficient (Wildman–Crippen LogP) is 12.7. The summed E-state index contributed by atoms with van der Waals surface area (Å²) in [6.45, 7) is 2.13. The number of aryl methyl sites for hydroxylation is 1. The first-order valence-corrected chi connectivity index (χ1v) is 15.6. The molecule has 0 saturated carbocycles. The van der Waals surface area contributed by atoms with Gasteiger partial charge in [-0.1, -0.05) is 62.6 Å². The van der Waals surface area contributed by atoms with Crippen LogP contribution in [-0.2, 0) is 12.5 Å². The van der Waals surface area contributed by atoms with Gasteiger partial charge in [-0.2, -0.15) is 8.78 Å².